The van der Waals surface area contributed by atoms with Gasteiger partial charge in [-0.15, -0.1) is 0 Å². The standard InChI is InChI=1S/C13H15ClF3NO2/c1-12(11(19)20-2,18-8-13(15,16)17)7-9-3-5-10(14)6-4-9/h3-6,18H,7-8H2,1-2H3. The van der Waals surface area contributed by atoms with Gasteiger partial charge >= 0.3 is 12.1 Å². The molecule has 0 heterocycles. The highest BCUT2D eigenvalue weighted by molar-refractivity contribution is 6.30. The van der Waals surface area contributed by atoms with Crippen LogP contribution in [-0.4, -0.2) is 31.3 Å². The van der Waals surface area contributed by atoms with Crippen molar-refractivity contribution in [2.75, 3.05) is 13.7 Å². The molecule has 0 aliphatic rings. The predicted molar refractivity (Wildman–Crippen MR) is 69.6 cm³/mol. The van der Waals surface area contributed by atoms with Gasteiger partial charge in [0.05, 0.1) is 13.7 Å². The summed E-state index contributed by atoms with van der Waals surface area (Å²) in [7, 11) is 1.14. The maximum Gasteiger partial charge on any atom is 0.401 e. The van der Waals surface area contributed by atoms with Gasteiger partial charge in [-0.25, -0.2) is 0 Å². The fraction of sp³-hybridized carbons (Fsp3) is 0.462. The van der Waals surface area contributed by atoms with E-state index < -0.39 is 24.2 Å². The number of methoxy groups -OCH3 is 1. The van der Waals surface area contributed by atoms with Crippen molar-refractivity contribution >= 4 is 17.6 Å². The molecule has 7 heteroatoms. The minimum absolute atomic E-state index is 0.0624. The molecule has 112 valence electrons. The van der Waals surface area contributed by atoms with Crippen LogP contribution in [0.4, 0.5) is 13.2 Å². The van der Waals surface area contributed by atoms with Gasteiger partial charge in [-0.05, 0) is 24.6 Å². The number of ether oxygens (including phenoxy) is 1. The number of hydrogen-bond acceptors (Lipinski definition) is 3. The molecule has 1 atom stereocenters. The van der Waals surface area contributed by atoms with Crippen LogP contribution < -0.4 is 5.32 Å². The third kappa shape index (κ3) is 5.02. The quantitative estimate of drug-likeness (QED) is 0.850. The highest BCUT2D eigenvalue weighted by Crippen LogP contribution is 2.20. The van der Waals surface area contributed by atoms with E-state index in [9.17, 15) is 18.0 Å². The summed E-state index contributed by atoms with van der Waals surface area (Å²) in [5.74, 6) is -0.753. The molecule has 0 aliphatic heterocycles. The number of carbonyl (C=O) groups excluding carboxylic acids is 1. The average molecular weight is 310 g/mol. The van der Waals surface area contributed by atoms with Crippen LogP contribution in [0.5, 0.6) is 0 Å². The summed E-state index contributed by atoms with van der Waals surface area (Å²) in [6.45, 7) is 0.103. The third-order valence-electron chi connectivity index (χ3n) is 2.79. The molecule has 0 fully saturated rings. The lowest BCUT2D eigenvalue weighted by atomic mass is 9.92. The van der Waals surface area contributed by atoms with Crippen LogP contribution in [0.1, 0.15) is 12.5 Å². The van der Waals surface area contributed by atoms with Gasteiger partial charge in [0, 0.05) is 11.4 Å². The third-order valence-corrected chi connectivity index (χ3v) is 3.04. The summed E-state index contributed by atoms with van der Waals surface area (Å²) in [5, 5.41) is 2.73. The van der Waals surface area contributed by atoms with Gasteiger partial charge in [-0.1, -0.05) is 23.7 Å². The van der Waals surface area contributed by atoms with Crippen LogP contribution >= 0.6 is 11.6 Å². The van der Waals surface area contributed by atoms with Gasteiger partial charge in [0.25, 0.3) is 0 Å². The number of halogens is 4. The molecule has 1 aromatic rings. The van der Waals surface area contributed by atoms with E-state index >= 15 is 0 Å². The van der Waals surface area contributed by atoms with Crippen molar-refractivity contribution in [1.29, 1.82) is 0 Å². The van der Waals surface area contributed by atoms with E-state index in [4.69, 9.17) is 11.6 Å². The molecule has 1 N–H and O–H groups in total. The monoisotopic (exact) mass is 309 g/mol. The maximum atomic E-state index is 12.3. The second-order valence-corrected chi connectivity index (χ2v) is 5.03. The summed E-state index contributed by atoms with van der Waals surface area (Å²) in [6.07, 6.45) is -4.35. The van der Waals surface area contributed by atoms with E-state index in [1.54, 1.807) is 24.3 Å². The summed E-state index contributed by atoms with van der Waals surface area (Å²) < 4.78 is 41.5. The SMILES string of the molecule is COC(=O)C(C)(Cc1ccc(Cl)cc1)NCC(F)(F)F. The van der Waals surface area contributed by atoms with Crippen molar-refractivity contribution in [3.63, 3.8) is 0 Å². The zero-order chi connectivity index (χ0) is 15.4. The molecule has 0 radical (unpaired) electrons. The molecule has 0 aromatic heterocycles. The van der Waals surface area contributed by atoms with Crippen LogP contribution in [0, 0.1) is 0 Å². The lowest BCUT2D eigenvalue weighted by molar-refractivity contribution is -0.152. The fourth-order valence-corrected chi connectivity index (χ4v) is 1.86. The minimum atomic E-state index is -4.41. The molecule has 20 heavy (non-hydrogen) atoms. The van der Waals surface area contributed by atoms with E-state index in [-0.39, 0.29) is 6.42 Å². The van der Waals surface area contributed by atoms with Crippen LogP contribution in [0.15, 0.2) is 24.3 Å². The van der Waals surface area contributed by atoms with E-state index in [1.807, 2.05) is 0 Å². The Morgan fingerprint density at radius 1 is 1.30 bits per heavy atom. The molecular formula is C13H15ClF3NO2. The molecule has 0 aliphatic carbocycles. The average Bonchev–Trinajstić information content (AvgIpc) is 2.37. The molecule has 0 spiro atoms. The first-order valence-electron chi connectivity index (χ1n) is 5.81. The number of esters is 1. The summed E-state index contributed by atoms with van der Waals surface area (Å²) in [6, 6.07) is 6.52. The van der Waals surface area contributed by atoms with Crippen molar-refractivity contribution in [2.45, 2.75) is 25.1 Å². The number of benzene rings is 1. The number of carbonyl (C=O) groups is 1. The predicted octanol–water partition coefficient (Wildman–Crippen LogP) is 2.97. The molecule has 3 nitrogen and oxygen atoms in total. The van der Waals surface area contributed by atoms with Crippen molar-refractivity contribution in [3.8, 4) is 0 Å². The molecule has 0 saturated carbocycles. The van der Waals surface area contributed by atoms with Crippen molar-refractivity contribution < 1.29 is 22.7 Å². The first-order valence-corrected chi connectivity index (χ1v) is 6.19. The Morgan fingerprint density at radius 3 is 2.30 bits per heavy atom. The molecule has 1 unspecified atom stereocenters. The van der Waals surface area contributed by atoms with E-state index in [0.29, 0.717) is 10.6 Å². The first kappa shape index (κ1) is 16.8. The van der Waals surface area contributed by atoms with Crippen molar-refractivity contribution in [3.05, 3.63) is 34.9 Å². The number of alkyl halides is 3. The van der Waals surface area contributed by atoms with Gasteiger partial charge in [0.15, 0.2) is 0 Å². The largest absolute Gasteiger partial charge is 0.468 e. The highest BCUT2D eigenvalue weighted by atomic mass is 35.5. The van der Waals surface area contributed by atoms with Gasteiger partial charge in [0.2, 0.25) is 0 Å². The zero-order valence-electron chi connectivity index (χ0n) is 11.1. The number of hydrogen-bond donors (Lipinski definition) is 1. The van der Waals surface area contributed by atoms with E-state index in [0.717, 1.165) is 7.11 Å². The second-order valence-electron chi connectivity index (χ2n) is 4.60. The van der Waals surface area contributed by atoms with Crippen LogP contribution in [0.3, 0.4) is 0 Å². The smallest absolute Gasteiger partial charge is 0.401 e. The zero-order valence-corrected chi connectivity index (χ0v) is 11.8. The minimum Gasteiger partial charge on any atom is -0.468 e. The molecule has 1 rings (SSSR count). The van der Waals surface area contributed by atoms with Gasteiger partial charge < -0.3 is 4.74 Å². The van der Waals surface area contributed by atoms with Crippen molar-refractivity contribution in [2.24, 2.45) is 0 Å². The Labute approximate surface area is 120 Å². The van der Waals surface area contributed by atoms with Crippen LogP contribution in [-0.2, 0) is 16.0 Å². The van der Waals surface area contributed by atoms with Gasteiger partial charge in [-0.3, -0.25) is 10.1 Å². The molecular weight excluding hydrogens is 295 g/mol. The Kier molecular flexibility index (Phi) is 5.42. The Bertz CT molecular complexity index is 462. The molecule has 0 saturated heterocycles. The van der Waals surface area contributed by atoms with Gasteiger partial charge in [-0.2, -0.15) is 13.2 Å². The lowest BCUT2D eigenvalue weighted by Gasteiger charge is -2.28. The Balaban J connectivity index is 2.88. The summed E-state index contributed by atoms with van der Waals surface area (Å²) in [4.78, 5) is 11.7. The Hall–Kier alpha value is -1.27. The Morgan fingerprint density at radius 2 is 1.85 bits per heavy atom. The highest BCUT2D eigenvalue weighted by Gasteiger charge is 2.38. The van der Waals surface area contributed by atoms with E-state index in [1.165, 1.54) is 6.92 Å². The first-order chi connectivity index (χ1) is 9.16. The van der Waals surface area contributed by atoms with Crippen LogP contribution in [0.2, 0.25) is 5.02 Å². The fourth-order valence-electron chi connectivity index (χ4n) is 1.74. The molecule has 1 aromatic carbocycles. The maximum absolute atomic E-state index is 12.3. The van der Waals surface area contributed by atoms with E-state index in [2.05, 4.69) is 10.1 Å². The van der Waals surface area contributed by atoms with Crippen molar-refractivity contribution in [1.82, 2.24) is 5.32 Å². The van der Waals surface area contributed by atoms with Crippen LogP contribution in [0.25, 0.3) is 0 Å². The van der Waals surface area contributed by atoms with Gasteiger partial charge in [0.1, 0.15) is 5.54 Å². The number of rotatable bonds is 5. The second kappa shape index (κ2) is 6.45. The topological polar surface area (TPSA) is 38.3 Å². The molecule has 0 amide bonds. The lowest BCUT2D eigenvalue weighted by Crippen LogP contribution is -2.54. The molecule has 0 bridgehead atoms. The number of nitrogens with one attached hydrogen (secondary N) is 1. The summed E-state index contributed by atoms with van der Waals surface area (Å²) in [5.41, 5.74) is -0.782. The summed E-state index contributed by atoms with van der Waals surface area (Å²) >= 11 is 5.74. The normalized spacial score (nSPS) is 14.7.